The van der Waals surface area contributed by atoms with E-state index in [1.807, 2.05) is 26.8 Å². The van der Waals surface area contributed by atoms with E-state index in [2.05, 4.69) is 0 Å². The largest absolute Gasteiger partial charge is 0.459 e. The number of benzene rings is 1. The number of hydrogen-bond acceptors (Lipinski definition) is 11. The summed E-state index contributed by atoms with van der Waals surface area (Å²) >= 11 is 5.40. The molecule has 3 aliphatic heterocycles. The molecule has 5 aliphatic rings. The molecule has 9 atom stereocenters. The van der Waals surface area contributed by atoms with E-state index in [4.69, 9.17) is 40.6 Å². The van der Waals surface area contributed by atoms with Crippen molar-refractivity contribution in [2.75, 3.05) is 6.61 Å². The van der Waals surface area contributed by atoms with Gasteiger partial charge in [-0.2, -0.15) is 0 Å². The van der Waals surface area contributed by atoms with E-state index in [0.717, 1.165) is 0 Å². The molecule has 3 saturated heterocycles. The van der Waals surface area contributed by atoms with Crippen molar-refractivity contribution in [1.82, 2.24) is 0 Å². The molecule has 0 bridgehead atoms. The summed E-state index contributed by atoms with van der Waals surface area (Å²) in [4.78, 5) is 38.2. The van der Waals surface area contributed by atoms with Crippen LogP contribution in [0.15, 0.2) is 30.3 Å². The molecule has 5 fully saturated rings. The highest BCUT2D eigenvalue weighted by molar-refractivity contribution is 7.79. The molecule has 1 N–H and O–H groups in total. The molecule has 6 rings (SSSR count). The summed E-state index contributed by atoms with van der Waals surface area (Å²) in [6, 6.07) is 8.88. The van der Waals surface area contributed by atoms with Gasteiger partial charge in [-0.05, 0) is 36.8 Å². The Morgan fingerprint density at radius 2 is 1.89 bits per heavy atom. The fourth-order valence-corrected chi connectivity index (χ4v) is 8.59. The van der Waals surface area contributed by atoms with Gasteiger partial charge in [0.1, 0.15) is 24.6 Å². The van der Waals surface area contributed by atoms with Gasteiger partial charge in [-0.25, -0.2) is 4.79 Å². The fraction of sp³-hybridized carbons (Fsp3) is 0.630. The van der Waals surface area contributed by atoms with Gasteiger partial charge in [-0.15, -0.1) is 0 Å². The molecule has 0 amide bonds. The number of thiocarbonyl (C=S) groups is 1. The van der Waals surface area contributed by atoms with Crippen molar-refractivity contribution in [3.05, 3.63) is 30.3 Å². The zero-order valence-electron chi connectivity index (χ0n) is 21.5. The van der Waals surface area contributed by atoms with Crippen molar-refractivity contribution in [2.24, 2.45) is 28.1 Å². The van der Waals surface area contributed by atoms with Crippen LogP contribution in [0.25, 0.3) is 0 Å². The van der Waals surface area contributed by atoms with Crippen LogP contribution in [0.2, 0.25) is 0 Å². The first-order chi connectivity index (χ1) is 17.9. The Kier molecular flexibility index (Phi) is 5.30. The quantitative estimate of drug-likeness (QED) is 0.253. The Balaban J connectivity index is 1.50. The maximum absolute atomic E-state index is 13.8. The molecule has 11 heteroatoms. The van der Waals surface area contributed by atoms with E-state index >= 15 is 0 Å². The van der Waals surface area contributed by atoms with Crippen LogP contribution >= 0.6 is 12.2 Å². The van der Waals surface area contributed by atoms with Crippen molar-refractivity contribution in [3.63, 3.8) is 0 Å². The molecule has 0 radical (unpaired) electrons. The summed E-state index contributed by atoms with van der Waals surface area (Å²) in [7, 11) is 0. The van der Waals surface area contributed by atoms with Crippen LogP contribution in [0.4, 0.5) is 0 Å². The number of rotatable bonds is 5. The van der Waals surface area contributed by atoms with Crippen molar-refractivity contribution < 1.29 is 47.9 Å². The van der Waals surface area contributed by atoms with E-state index in [1.165, 1.54) is 6.92 Å². The molecule has 3 heterocycles. The predicted molar refractivity (Wildman–Crippen MR) is 131 cm³/mol. The molecule has 38 heavy (non-hydrogen) atoms. The van der Waals surface area contributed by atoms with Crippen molar-refractivity contribution in [1.29, 1.82) is 0 Å². The molecule has 204 valence electrons. The number of ether oxygens (including phenoxy) is 6. The van der Waals surface area contributed by atoms with Gasteiger partial charge in [0.05, 0.1) is 16.7 Å². The zero-order chi connectivity index (χ0) is 27.3. The summed E-state index contributed by atoms with van der Waals surface area (Å²) in [5.74, 6) is -2.32. The minimum atomic E-state index is -2.03. The highest BCUT2D eigenvalue weighted by atomic mass is 32.1. The number of carbonyl (C=O) groups excluding carboxylic acids is 3. The van der Waals surface area contributed by atoms with Crippen LogP contribution in [-0.4, -0.2) is 65.1 Å². The summed E-state index contributed by atoms with van der Waals surface area (Å²) < 4.78 is 35.3. The number of esters is 2. The first-order valence-corrected chi connectivity index (χ1v) is 13.1. The second kappa shape index (κ2) is 7.89. The van der Waals surface area contributed by atoms with E-state index in [0.29, 0.717) is 12.2 Å². The minimum Gasteiger partial charge on any atom is -0.459 e. The highest BCUT2D eigenvalue weighted by Crippen LogP contribution is 2.82. The maximum atomic E-state index is 13.8. The lowest BCUT2D eigenvalue weighted by Crippen LogP contribution is -2.65. The van der Waals surface area contributed by atoms with E-state index in [9.17, 15) is 19.5 Å². The summed E-state index contributed by atoms with van der Waals surface area (Å²) in [5, 5.41) is 12.0. The molecule has 1 aromatic rings. The molecule has 1 spiro atoms. The molecular formula is C27H30O10S. The van der Waals surface area contributed by atoms with Crippen molar-refractivity contribution >= 4 is 35.9 Å². The average molecular weight is 547 g/mol. The Morgan fingerprint density at radius 3 is 2.55 bits per heavy atom. The highest BCUT2D eigenvalue weighted by Gasteiger charge is 2.99. The zero-order valence-corrected chi connectivity index (χ0v) is 22.3. The van der Waals surface area contributed by atoms with Gasteiger partial charge >= 0.3 is 17.2 Å². The van der Waals surface area contributed by atoms with E-state index in [1.54, 1.807) is 24.3 Å². The predicted octanol–water partition coefficient (Wildman–Crippen LogP) is 2.30. The third-order valence-electron chi connectivity index (χ3n) is 9.75. The van der Waals surface area contributed by atoms with E-state index in [-0.39, 0.29) is 30.7 Å². The van der Waals surface area contributed by atoms with Crippen LogP contribution in [0.3, 0.4) is 0 Å². The van der Waals surface area contributed by atoms with Crippen molar-refractivity contribution in [3.8, 4) is 5.75 Å². The van der Waals surface area contributed by atoms with Gasteiger partial charge in [0, 0.05) is 18.6 Å². The van der Waals surface area contributed by atoms with Gasteiger partial charge in [-0.3, -0.25) is 9.59 Å². The van der Waals surface area contributed by atoms with Crippen LogP contribution < -0.4 is 4.74 Å². The topological polar surface area (TPSA) is 127 Å². The Hall–Kier alpha value is -2.76. The van der Waals surface area contributed by atoms with Gasteiger partial charge in [0.2, 0.25) is 11.9 Å². The van der Waals surface area contributed by atoms with Crippen LogP contribution in [-0.2, 0) is 38.1 Å². The molecule has 0 aromatic heterocycles. The fourth-order valence-electron chi connectivity index (χ4n) is 8.44. The maximum Gasteiger partial charge on any atom is 0.357 e. The Morgan fingerprint density at radius 1 is 1.18 bits per heavy atom. The smallest absolute Gasteiger partial charge is 0.357 e. The summed E-state index contributed by atoms with van der Waals surface area (Å²) in [6.07, 6.45) is -2.54. The number of hydrogen-bond donors (Lipinski definition) is 1. The molecule has 1 aromatic carbocycles. The normalized spacial score (nSPS) is 44.1. The molecule has 2 aliphatic carbocycles. The van der Waals surface area contributed by atoms with Crippen molar-refractivity contribution in [2.45, 2.75) is 70.2 Å². The first kappa shape index (κ1) is 25.5. The number of carbonyl (C=O) groups is 3. The standard InChI is InChI=1S/C27H30O10S/c1-14-19(29)35-18-11-25-17-10-16(23(2,3)4)24(25,12-32-22(38)34-15-8-6-5-7-9-15)21(33-13-28)37-27(25,20(30)36-17)26(14,18)31/h5-9,13-14,16-18,21,31H,10-12H2,1-4H3/t14-,16+,17?,18?,21?,24?,25?,26-,27?/m1/s1. The second-order valence-corrected chi connectivity index (χ2v) is 12.4. The third-order valence-corrected chi connectivity index (χ3v) is 9.95. The SMILES string of the molecule is C[C@@H]1C(=O)OC2CC34C5C[C@@H](C(C)(C)C)C3(COC(=S)Oc3ccccc3)C(OC=O)OC4(C(=O)O5)[C@]21O. The van der Waals surface area contributed by atoms with Crippen LogP contribution in [0.5, 0.6) is 5.75 Å². The lowest BCUT2D eigenvalue weighted by Gasteiger charge is -2.47. The van der Waals surface area contributed by atoms with Gasteiger partial charge in [0.15, 0.2) is 5.60 Å². The summed E-state index contributed by atoms with van der Waals surface area (Å²) in [6.45, 7) is 7.70. The monoisotopic (exact) mass is 546 g/mol. The van der Waals surface area contributed by atoms with Crippen LogP contribution in [0.1, 0.15) is 40.5 Å². The molecule has 10 nitrogen and oxygen atoms in total. The van der Waals surface area contributed by atoms with E-state index < -0.39 is 63.8 Å². The average Bonchev–Trinajstić information content (AvgIpc) is 3.50. The summed E-state index contributed by atoms with van der Waals surface area (Å²) in [5.41, 5.74) is -6.90. The lowest BCUT2D eigenvalue weighted by atomic mass is 9.53. The Bertz CT molecular complexity index is 1210. The first-order valence-electron chi connectivity index (χ1n) is 12.7. The van der Waals surface area contributed by atoms with Gasteiger partial charge in [-0.1, -0.05) is 39.0 Å². The number of fused-ring (bicyclic) bond motifs is 1. The Labute approximate surface area is 224 Å². The third kappa shape index (κ3) is 2.69. The molecular weight excluding hydrogens is 516 g/mol. The number of para-hydroxylation sites is 1. The van der Waals surface area contributed by atoms with Crippen LogP contribution in [0, 0.1) is 28.1 Å². The lowest BCUT2D eigenvalue weighted by molar-refractivity contribution is -0.248. The minimum absolute atomic E-state index is 0.0664. The molecule has 6 unspecified atom stereocenters. The second-order valence-electron chi connectivity index (χ2n) is 12.1. The number of aliphatic hydroxyl groups is 1. The van der Waals surface area contributed by atoms with Gasteiger partial charge in [0.25, 0.3) is 6.47 Å². The molecule has 2 saturated carbocycles. The van der Waals surface area contributed by atoms with Gasteiger partial charge < -0.3 is 33.5 Å².